The molecule has 0 aliphatic heterocycles. The smallest absolute Gasteiger partial charge is 0.323 e. The van der Waals surface area contributed by atoms with Crippen LogP contribution in [-0.4, -0.2) is 18.6 Å². The predicted octanol–water partition coefficient (Wildman–Crippen LogP) is 1.88. The largest absolute Gasteiger partial charge is 0.465 e. The number of carbonyl (C=O) groups is 1. The lowest BCUT2D eigenvalue weighted by molar-refractivity contribution is -0.144. The van der Waals surface area contributed by atoms with E-state index in [9.17, 15) is 4.79 Å². The maximum Gasteiger partial charge on any atom is 0.323 e. The highest BCUT2D eigenvalue weighted by atomic mass is 79.9. The molecule has 0 bridgehead atoms. The van der Waals surface area contributed by atoms with Gasteiger partial charge in [-0.1, -0.05) is 28.1 Å². The van der Waals surface area contributed by atoms with E-state index in [1.165, 1.54) is 0 Å². The Hall–Kier alpha value is -0.870. The Kier molecular flexibility index (Phi) is 4.78. The number of ether oxygens (including phenoxy) is 1. The number of esters is 1. The molecule has 1 unspecified atom stereocenters. The molecule has 0 spiro atoms. The molecule has 1 aromatic carbocycles. The summed E-state index contributed by atoms with van der Waals surface area (Å²) in [5.41, 5.74) is 6.71. The number of rotatable bonds is 4. The normalized spacial score (nSPS) is 12.2. The molecule has 15 heavy (non-hydrogen) atoms. The molecular formula is C11H14BrNO2. The minimum absolute atomic E-state index is 0.350. The molecule has 0 aromatic heterocycles. The van der Waals surface area contributed by atoms with Crippen LogP contribution in [0.1, 0.15) is 12.5 Å². The molecule has 0 aliphatic rings. The van der Waals surface area contributed by atoms with Gasteiger partial charge in [-0.2, -0.15) is 0 Å². The molecule has 2 N–H and O–H groups in total. The summed E-state index contributed by atoms with van der Waals surface area (Å²) in [5.74, 6) is -0.350. The highest BCUT2D eigenvalue weighted by Gasteiger charge is 2.14. The molecule has 0 fully saturated rings. The molecule has 1 rings (SSSR count). The minimum atomic E-state index is -0.584. The minimum Gasteiger partial charge on any atom is -0.465 e. The van der Waals surface area contributed by atoms with Gasteiger partial charge in [0.25, 0.3) is 0 Å². The second-order valence-corrected chi connectivity index (χ2v) is 4.11. The van der Waals surface area contributed by atoms with Gasteiger partial charge in [0.2, 0.25) is 0 Å². The van der Waals surface area contributed by atoms with E-state index in [1.54, 1.807) is 6.92 Å². The lowest BCUT2D eigenvalue weighted by atomic mass is 10.1. The van der Waals surface area contributed by atoms with Crippen molar-refractivity contribution in [3.05, 3.63) is 34.3 Å². The van der Waals surface area contributed by atoms with Gasteiger partial charge in [0.15, 0.2) is 0 Å². The third-order valence-corrected chi connectivity index (χ3v) is 2.43. The maximum atomic E-state index is 11.3. The van der Waals surface area contributed by atoms with E-state index < -0.39 is 6.04 Å². The second-order valence-electron chi connectivity index (χ2n) is 3.19. The number of benzene rings is 1. The first-order chi connectivity index (χ1) is 7.13. The van der Waals surface area contributed by atoms with Gasteiger partial charge < -0.3 is 10.5 Å². The van der Waals surface area contributed by atoms with E-state index in [0.29, 0.717) is 13.0 Å². The van der Waals surface area contributed by atoms with E-state index in [-0.39, 0.29) is 5.97 Å². The van der Waals surface area contributed by atoms with Crippen molar-refractivity contribution in [2.75, 3.05) is 6.61 Å². The molecule has 0 radical (unpaired) electrons. The SMILES string of the molecule is CCOC(=O)C(N)Cc1cccc(Br)c1. The average Bonchev–Trinajstić information content (AvgIpc) is 2.18. The summed E-state index contributed by atoms with van der Waals surface area (Å²) in [5, 5.41) is 0. The van der Waals surface area contributed by atoms with Crippen molar-refractivity contribution in [1.29, 1.82) is 0 Å². The molecule has 0 amide bonds. The average molecular weight is 272 g/mol. The number of nitrogens with two attached hydrogens (primary N) is 1. The van der Waals surface area contributed by atoms with Gasteiger partial charge in [-0.05, 0) is 31.0 Å². The van der Waals surface area contributed by atoms with E-state index in [0.717, 1.165) is 10.0 Å². The number of halogens is 1. The van der Waals surface area contributed by atoms with Crippen LogP contribution in [-0.2, 0) is 16.0 Å². The van der Waals surface area contributed by atoms with Crippen molar-refractivity contribution < 1.29 is 9.53 Å². The highest BCUT2D eigenvalue weighted by molar-refractivity contribution is 9.10. The van der Waals surface area contributed by atoms with E-state index >= 15 is 0 Å². The van der Waals surface area contributed by atoms with Gasteiger partial charge in [-0.25, -0.2) is 0 Å². The van der Waals surface area contributed by atoms with Gasteiger partial charge >= 0.3 is 5.97 Å². The van der Waals surface area contributed by atoms with E-state index in [4.69, 9.17) is 10.5 Å². The van der Waals surface area contributed by atoms with Crippen LogP contribution in [0.25, 0.3) is 0 Å². The molecule has 0 aliphatic carbocycles. The lowest BCUT2D eigenvalue weighted by Gasteiger charge is -2.10. The molecule has 1 atom stereocenters. The quantitative estimate of drug-likeness (QED) is 0.851. The van der Waals surface area contributed by atoms with Crippen LogP contribution in [0.4, 0.5) is 0 Å². The standard InChI is InChI=1S/C11H14BrNO2/c1-2-15-11(14)10(13)7-8-4-3-5-9(12)6-8/h3-6,10H,2,7,13H2,1H3. The number of hydrogen-bond acceptors (Lipinski definition) is 3. The van der Waals surface area contributed by atoms with Gasteiger partial charge in [-0.3, -0.25) is 4.79 Å². The summed E-state index contributed by atoms with van der Waals surface area (Å²) < 4.78 is 5.81. The van der Waals surface area contributed by atoms with Crippen LogP contribution >= 0.6 is 15.9 Å². The Bertz CT molecular complexity index is 341. The zero-order valence-corrected chi connectivity index (χ0v) is 10.2. The molecule has 4 heteroatoms. The van der Waals surface area contributed by atoms with Crippen molar-refractivity contribution in [3.8, 4) is 0 Å². The van der Waals surface area contributed by atoms with Gasteiger partial charge in [0.05, 0.1) is 6.61 Å². The fraction of sp³-hybridized carbons (Fsp3) is 0.364. The van der Waals surface area contributed by atoms with E-state index in [2.05, 4.69) is 15.9 Å². The zero-order valence-electron chi connectivity index (χ0n) is 8.57. The summed E-state index contributed by atoms with van der Waals surface area (Å²) in [4.78, 5) is 11.3. The Balaban J connectivity index is 2.58. The molecule has 0 saturated heterocycles. The number of carbonyl (C=O) groups excluding carboxylic acids is 1. The molecule has 1 aromatic rings. The fourth-order valence-electron chi connectivity index (χ4n) is 1.25. The molecule has 0 heterocycles. The van der Waals surface area contributed by atoms with Crippen LogP contribution in [0.15, 0.2) is 28.7 Å². The topological polar surface area (TPSA) is 52.3 Å². The summed E-state index contributed by atoms with van der Waals surface area (Å²) >= 11 is 3.36. The number of hydrogen-bond donors (Lipinski definition) is 1. The first-order valence-electron chi connectivity index (χ1n) is 4.80. The summed E-state index contributed by atoms with van der Waals surface area (Å²) in [7, 11) is 0. The third kappa shape index (κ3) is 4.01. The van der Waals surface area contributed by atoms with Crippen LogP contribution in [0.5, 0.6) is 0 Å². The molecular weight excluding hydrogens is 258 g/mol. The Labute approximate surface area is 97.7 Å². The second kappa shape index (κ2) is 5.88. The molecule has 0 saturated carbocycles. The predicted molar refractivity (Wildman–Crippen MR) is 62.5 cm³/mol. The van der Waals surface area contributed by atoms with Crippen molar-refractivity contribution in [1.82, 2.24) is 0 Å². The Morgan fingerprint density at radius 2 is 2.33 bits per heavy atom. The molecule has 3 nitrogen and oxygen atoms in total. The fourth-order valence-corrected chi connectivity index (χ4v) is 1.70. The summed E-state index contributed by atoms with van der Waals surface area (Å²) in [6.07, 6.45) is 0.498. The van der Waals surface area contributed by atoms with Gasteiger partial charge in [0.1, 0.15) is 6.04 Å². The summed E-state index contributed by atoms with van der Waals surface area (Å²) in [6, 6.07) is 7.14. The molecule has 82 valence electrons. The van der Waals surface area contributed by atoms with Crippen LogP contribution in [0, 0.1) is 0 Å². The summed E-state index contributed by atoms with van der Waals surface area (Å²) in [6.45, 7) is 2.13. The first kappa shape index (κ1) is 12.2. The zero-order chi connectivity index (χ0) is 11.3. The van der Waals surface area contributed by atoms with Crippen molar-refractivity contribution in [3.63, 3.8) is 0 Å². The van der Waals surface area contributed by atoms with Gasteiger partial charge in [0, 0.05) is 4.47 Å². The van der Waals surface area contributed by atoms with Crippen molar-refractivity contribution in [2.24, 2.45) is 5.73 Å². The van der Waals surface area contributed by atoms with Crippen molar-refractivity contribution >= 4 is 21.9 Å². The first-order valence-corrected chi connectivity index (χ1v) is 5.59. The van der Waals surface area contributed by atoms with Crippen LogP contribution in [0.3, 0.4) is 0 Å². The maximum absolute atomic E-state index is 11.3. The monoisotopic (exact) mass is 271 g/mol. The Morgan fingerprint density at radius 1 is 1.60 bits per heavy atom. The van der Waals surface area contributed by atoms with Crippen molar-refractivity contribution in [2.45, 2.75) is 19.4 Å². The third-order valence-electron chi connectivity index (χ3n) is 1.93. The lowest BCUT2D eigenvalue weighted by Crippen LogP contribution is -2.34. The Morgan fingerprint density at radius 3 is 2.93 bits per heavy atom. The van der Waals surface area contributed by atoms with Crippen LogP contribution < -0.4 is 5.73 Å². The van der Waals surface area contributed by atoms with Gasteiger partial charge in [-0.15, -0.1) is 0 Å². The van der Waals surface area contributed by atoms with Crippen LogP contribution in [0.2, 0.25) is 0 Å². The highest BCUT2D eigenvalue weighted by Crippen LogP contribution is 2.12. The van der Waals surface area contributed by atoms with E-state index in [1.807, 2.05) is 24.3 Å².